The maximum absolute atomic E-state index is 12.1. The van der Waals surface area contributed by atoms with Gasteiger partial charge in [0, 0.05) is 24.7 Å². The van der Waals surface area contributed by atoms with Crippen molar-refractivity contribution in [3.05, 3.63) is 28.8 Å². The van der Waals surface area contributed by atoms with Crippen LogP contribution in [0, 0.1) is 13.8 Å². The molecule has 1 aromatic carbocycles. The van der Waals surface area contributed by atoms with E-state index in [-0.39, 0.29) is 30.0 Å². The second-order valence-electron chi connectivity index (χ2n) is 7.17. The van der Waals surface area contributed by atoms with Gasteiger partial charge in [-0.05, 0) is 50.3 Å². The summed E-state index contributed by atoms with van der Waals surface area (Å²) in [7, 11) is 0. The van der Waals surface area contributed by atoms with Gasteiger partial charge in [0.25, 0.3) is 0 Å². The van der Waals surface area contributed by atoms with Gasteiger partial charge in [-0.3, -0.25) is 4.79 Å². The number of benzene rings is 1. The van der Waals surface area contributed by atoms with Crippen LogP contribution in [0.1, 0.15) is 66.4 Å². The van der Waals surface area contributed by atoms with Crippen LogP contribution >= 0.6 is 0 Å². The molecule has 7 nitrogen and oxygen atoms in total. The van der Waals surface area contributed by atoms with Gasteiger partial charge in [-0.1, -0.05) is 25.3 Å². The van der Waals surface area contributed by atoms with Gasteiger partial charge in [-0.15, -0.1) is 0 Å². The quantitative estimate of drug-likeness (QED) is 0.548. The Morgan fingerprint density at radius 2 is 1.78 bits per heavy atom. The lowest BCUT2D eigenvalue weighted by atomic mass is 9.96. The molecule has 0 aliphatic heterocycles. The molecule has 1 aliphatic rings. The Kier molecular flexibility index (Phi) is 7.64. The van der Waals surface area contributed by atoms with Gasteiger partial charge >= 0.3 is 12.0 Å². The lowest BCUT2D eigenvalue weighted by Gasteiger charge is -2.22. The highest BCUT2D eigenvalue weighted by Gasteiger charge is 2.15. The summed E-state index contributed by atoms with van der Waals surface area (Å²) in [5, 5.41) is 17.7. The molecule has 1 aromatic rings. The minimum absolute atomic E-state index is 0.178. The van der Waals surface area contributed by atoms with Gasteiger partial charge in [0.2, 0.25) is 5.91 Å². The summed E-state index contributed by atoms with van der Waals surface area (Å²) in [4.78, 5) is 35.2. The first kappa shape index (κ1) is 20.7. The monoisotopic (exact) mass is 375 g/mol. The van der Waals surface area contributed by atoms with Crippen molar-refractivity contribution in [3.8, 4) is 0 Å². The Labute approximate surface area is 159 Å². The molecule has 0 aromatic heterocycles. The maximum atomic E-state index is 12.1. The predicted molar refractivity (Wildman–Crippen MR) is 104 cm³/mol. The van der Waals surface area contributed by atoms with Crippen LogP contribution in [-0.2, 0) is 4.79 Å². The largest absolute Gasteiger partial charge is 0.478 e. The summed E-state index contributed by atoms with van der Waals surface area (Å²) in [5.74, 6) is -1.22. The number of carboxylic acids is 1. The zero-order valence-corrected chi connectivity index (χ0v) is 16.1. The number of amides is 3. The number of carboxylic acid groups (broad SMARTS) is 1. The van der Waals surface area contributed by atoms with Gasteiger partial charge < -0.3 is 21.1 Å². The molecule has 0 bridgehead atoms. The lowest BCUT2D eigenvalue weighted by molar-refractivity contribution is -0.116. The van der Waals surface area contributed by atoms with Crippen LogP contribution in [0.3, 0.4) is 0 Å². The van der Waals surface area contributed by atoms with E-state index < -0.39 is 5.97 Å². The van der Waals surface area contributed by atoms with E-state index in [1.54, 1.807) is 13.0 Å². The number of aryl methyl sites for hydroxylation is 2. The molecule has 7 heteroatoms. The number of urea groups is 1. The third-order valence-corrected chi connectivity index (χ3v) is 4.88. The van der Waals surface area contributed by atoms with Crippen molar-refractivity contribution in [2.24, 2.45) is 0 Å². The van der Waals surface area contributed by atoms with E-state index in [4.69, 9.17) is 0 Å². The first-order valence-corrected chi connectivity index (χ1v) is 9.55. The lowest BCUT2D eigenvalue weighted by Crippen LogP contribution is -2.43. The summed E-state index contributed by atoms with van der Waals surface area (Å²) in [6.45, 7) is 3.97. The summed E-state index contributed by atoms with van der Waals surface area (Å²) in [6.07, 6.45) is 6.39. The Bertz CT molecular complexity index is 697. The maximum Gasteiger partial charge on any atom is 0.336 e. The molecule has 3 amide bonds. The fraction of sp³-hybridized carbons (Fsp3) is 0.550. The number of anilines is 1. The van der Waals surface area contributed by atoms with Crippen molar-refractivity contribution in [1.82, 2.24) is 10.6 Å². The van der Waals surface area contributed by atoms with E-state index >= 15 is 0 Å². The zero-order valence-electron chi connectivity index (χ0n) is 16.1. The van der Waals surface area contributed by atoms with Crippen molar-refractivity contribution in [1.29, 1.82) is 0 Å². The molecule has 0 radical (unpaired) electrons. The first-order valence-electron chi connectivity index (χ1n) is 9.55. The molecule has 27 heavy (non-hydrogen) atoms. The Morgan fingerprint density at radius 1 is 1.07 bits per heavy atom. The molecule has 0 unspecified atom stereocenters. The van der Waals surface area contributed by atoms with Crippen LogP contribution in [0.25, 0.3) is 0 Å². The SMILES string of the molecule is Cc1cc(C)c(C(=O)O)cc1NC(=O)CCCNC(=O)NC1CCCCC1. The fourth-order valence-electron chi connectivity index (χ4n) is 3.36. The van der Waals surface area contributed by atoms with Crippen LogP contribution in [-0.4, -0.2) is 35.6 Å². The minimum Gasteiger partial charge on any atom is -0.478 e. The molecule has 4 N–H and O–H groups in total. The molecule has 0 spiro atoms. The molecule has 148 valence electrons. The second-order valence-corrected chi connectivity index (χ2v) is 7.17. The summed E-state index contributed by atoms with van der Waals surface area (Å²) >= 11 is 0. The zero-order chi connectivity index (χ0) is 19.8. The molecule has 1 saturated carbocycles. The van der Waals surface area contributed by atoms with Crippen LogP contribution in [0.4, 0.5) is 10.5 Å². The molecule has 0 atom stereocenters. The van der Waals surface area contributed by atoms with Gasteiger partial charge in [0.15, 0.2) is 0 Å². The topological polar surface area (TPSA) is 108 Å². The normalized spacial score (nSPS) is 14.4. The molecule has 0 heterocycles. The molecular formula is C20H29N3O4. The predicted octanol–water partition coefficient (Wildman–Crippen LogP) is 3.35. The van der Waals surface area contributed by atoms with E-state index in [9.17, 15) is 19.5 Å². The van der Waals surface area contributed by atoms with Crippen molar-refractivity contribution in [3.63, 3.8) is 0 Å². The van der Waals surface area contributed by atoms with E-state index in [1.165, 1.54) is 12.5 Å². The van der Waals surface area contributed by atoms with E-state index in [0.29, 0.717) is 24.2 Å². The van der Waals surface area contributed by atoms with Crippen molar-refractivity contribution in [2.75, 3.05) is 11.9 Å². The number of rotatable bonds is 7. The van der Waals surface area contributed by atoms with Crippen molar-refractivity contribution in [2.45, 2.75) is 64.8 Å². The summed E-state index contributed by atoms with van der Waals surface area (Å²) in [6, 6.07) is 3.31. The summed E-state index contributed by atoms with van der Waals surface area (Å²) in [5.41, 5.74) is 2.16. The number of carbonyl (C=O) groups is 3. The number of hydrogen-bond donors (Lipinski definition) is 4. The molecular weight excluding hydrogens is 346 g/mol. The Hall–Kier alpha value is -2.57. The molecule has 1 aliphatic carbocycles. The van der Waals surface area contributed by atoms with Gasteiger partial charge in [0.1, 0.15) is 0 Å². The smallest absolute Gasteiger partial charge is 0.336 e. The highest BCUT2D eigenvalue weighted by molar-refractivity contribution is 5.95. The second kappa shape index (κ2) is 9.94. The molecule has 1 fully saturated rings. The highest BCUT2D eigenvalue weighted by atomic mass is 16.4. The molecule has 0 saturated heterocycles. The number of hydrogen-bond acceptors (Lipinski definition) is 3. The van der Waals surface area contributed by atoms with Gasteiger partial charge in [0.05, 0.1) is 5.56 Å². The van der Waals surface area contributed by atoms with Gasteiger partial charge in [-0.25, -0.2) is 9.59 Å². The molecule has 2 rings (SSSR count). The number of aromatic carboxylic acids is 1. The number of nitrogens with one attached hydrogen (secondary N) is 3. The van der Waals surface area contributed by atoms with Crippen LogP contribution in [0.15, 0.2) is 12.1 Å². The minimum atomic E-state index is -1.02. The third kappa shape index (κ3) is 6.58. The fourth-order valence-corrected chi connectivity index (χ4v) is 3.36. The van der Waals surface area contributed by atoms with Crippen LogP contribution in [0.5, 0.6) is 0 Å². The van der Waals surface area contributed by atoms with Crippen LogP contribution < -0.4 is 16.0 Å². The average molecular weight is 375 g/mol. The number of carbonyl (C=O) groups excluding carboxylic acids is 2. The van der Waals surface area contributed by atoms with Crippen molar-refractivity contribution >= 4 is 23.6 Å². The summed E-state index contributed by atoms with van der Waals surface area (Å²) < 4.78 is 0. The van der Waals surface area contributed by atoms with E-state index in [0.717, 1.165) is 31.2 Å². The van der Waals surface area contributed by atoms with Crippen LogP contribution in [0.2, 0.25) is 0 Å². The van der Waals surface area contributed by atoms with Gasteiger partial charge in [-0.2, -0.15) is 0 Å². The first-order chi connectivity index (χ1) is 12.9. The average Bonchev–Trinajstić information content (AvgIpc) is 2.61. The third-order valence-electron chi connectivity index (χ3n) is 4.88. The highest BCUT2D eigenvalue weighted by Crippen LogP contribution is 2.21. The Balaban J connectivity index is 1.72. The van der Waals surface area contributed by atoms with Crippen molar-refractivity contribution < 1.29 is 19.5 Å². The van der Waals surface area contributed by atoms with E-state index in [2.05, 4.69) is 16.0 Å². The Morgan fingerprint density at radius 3 is 2.44 bits per heavy atom. The standard InChI is InChI=1S/C20H29N3O4/c1-13-11-14(2)17(12-16(13)19(25)26)23-18(24)9-6-10-21-20(27)22-15-7-4-3-5-8-15/h11-12,15H,3-10H2,1-2H3,(H,23,24)(H,25,26)(H2,21,22,27). The van der Waals surface area contributed by atoms with E-state index in [1.807, 2.05) is 6.92 Å².